The number of benzene rings is 2. The molecule has 1 amide bonds. The van der Waals surface area contributed by atoms with E-state index in [1.54, 1.807) is 0 Å². The highest BCUT2D eigenvalue weighted by Crippen LogP contribution is 2.25. The summed E-state index contributed by atoms with van der Waals surface area (Å²) < 4.78 is 7.11. The normalized spacial score (nSPS) is 10.9. The number of nitrogens with zero attached hydrogens (tertiary/aromatic N) is 3. The molecule has 0 aliphatic carbocycles. The van der Waals surface area contributed by atoms with Gasteiger partial charge in [-0.15, -0.1) is 10.2 Å². The Balaban J connectivity index is 1.67. The quantitative estimate of drug-likeness (QED) is 0.454. The van der Waals surface area contributed by atoms with Crippen LogP contribution in [0, 0.1) is 13.8 Å². The lowest BCUT2D eigenvalue weighted by atomic mass is 10.1. The molecular formula is C21H25N5O2S. The van der Waals surface area contributed by atoms with E-state index in [0.29, 0.717) is 11.0 Å². The Morgan fingerprint density at radius 3 is 2.76 bits per heavy atom. The molecule has 2 aromatic carbocycles. The van der Waals surface area contributed by atoms with E-state index < -0.39 is 0 Å². The van der Waals surface area contributed by atoms with Crippen molar-refractivity contribution in [1.82, 2.24) is 14.9 Å². The van der Waals surface area contributed by atoms with E-state index in [0.717, 1.165) is 28.1 Å². The van der Waals surface area contributed by atoms with E-state index >= 15 is 0 Å². The molecule has 0 saturated carbocycles. The predicted octanol–water partition coefficient (Wildman–Crippen LogP) is 3.79. The van der Waals surface area contributed by atoms with Crippen LogP contribution in [-0.4, -0.2) is 32.6 Å². The zero-order chi connectivity index (χ0) is 21.0. The minimum absolute atomic E-state index is 0.0719. The van der Waals surface area contributed by atoms with Crippen LogP contribution in [-0.2, 0) is 4.79 Å². The standard InChI is InChI=1S/C21H25N5O2S/c1-13(2)28-17-7-5-6-16(11-17)20-24-25-21(26(20)22)29-12-19(27)23-18-10-14(3)8-9-15(18)4/h5-11,13H,12,22H2,1-4H3,(H,23,27). The average Bonchev–Trinajstić information content (AvgIpc) is 3.03. The predicted molar refractivity (Wildman–Crippen MR) is 117 cm³/mol. The van der Waals surface area contributed by atoms with Crippen LogP contribution >= 0.6 is 11.8 Å². The summed E-state index contributed by atoms with van der Waals surface area (Å²) in [6.45, 7) is 7.89. The molecule has 7 nitrogen and oxygen atoms in total. The molecule has 1 heterocycles. The summed E-state index contributed by atoms with van der Waals surface area (Å²) in [6, 6.07) is 13.5. The molecule has 3 aromatic rings. The lowest BCUT2D eigenvalue weighted by molar-refractivity contribution is -0.113. The highest BCUT2D eigenvalue weighted by molar-refractivity contribution is 7.99. The van der Waals surface area contributed by atoms with Crippen LogP contribution in [0.4, 0.5) is 5.69 Å². The second kappa shape index (κ2) is 9.00. The van der Waals surface area contributed by atoms with Gasteiger partial charge in [0.05, 0.1) is 11.9 Å². The van der Waals surface area contributed by atoms with Crippen molar-refractivity contribution in [1.29, 1.82) is 0 Å². The maximum atomic E-state index is 12.3. The number of nitrogens with two attached hydrogens (primary N) is 1. The van der Waals surface area contributed by atoms with Crippen molar-refractivity contribution in [2.75, 3.05) is 16.9 Å². The molecule has 3 N–H and O–H groups in total. The first-order valence-electron chi connectivity index (χ1n) is 9.31. The summed E-state index contributed by atoms with van der Waals surface area (Å²) in [6.07, 6.45) is 0.0719. The zero-order valence-electron chi connectivity index (χ0n) is 17.0. The van der Waals surface area contributed by atoms with E-state index in [2.05, 4.69) is 15.5 Å². The van der Waals surface area contributed by atoms with E-state index in [4.69, 9.17) is 10.6 Å². The molecule has 3 rings (SSSR count). The van der Waals surface area contributed by atoms with E-state index in [1.165, 1.54) is 16.4 Å². The molecule has 0 aliphatic heterocycles. The minimum Gasteiger partial charge on any atom is -0.491 e. The van der Waals surface area contributed by atoms with Crippen LogP contribution in [0.15, 0.2) is 47.6 Å². The zero-order valence-corrected chi connectivity index (χ0v) is 17.8. The average molecular weight is 412 g/mol. The van der Waals surface area contributed by atoms with Gasteiger partial charge in [0.25, 0.3) is 0 Å². The third kappa shape index (κ3) is 5.29. The van der Waals surface area contributed by atoms with E-state index in [1.807, 2.05) is 70.2 Å². The molecule has 0 spiro atoms. The highest BCUT2D eigenvalue weighted by atomic mass is 32.2. The fourth-order valence-corrected chi connectivity index (χ4v) is 3.40. The number of carbonyl (C=O) groups is 1. The number of nitrogen functional groups attached to an aromatic ring is 1. The number of hydrogen-bond acceptors (Lipinski definition) is 6. The van der Waals surface area contributed by atoms with Gasteiger partial charge in [-0.05, 0) is 57.0 Å². The van der Waals surface area contributed by atoms with Gasteiger partial charge in [0.1, 0.15) is 5.75 Å². The fourth-order valence-electron chi connectivity index (χ4n) is 2.74. The summed E-state index contributed by atoms with van der Waals surface area (Å²) in [4.78, 5) is 12.3. The fraction of sp³-hybridized carbons (Fsp3) is 0.286. The molecule has 0 unspecified atom stereocenters. The number of rotatable bonds is 7. The first kappa shape index (κ1) is 20.7. The summed E-state index contributed by atoms with van der Waals surface area (Å²) in [5.74, 6) is 7.47. The molecule has 0 bridgehead atoms. The molecular weight excluding hydrogens is 386 g/mol. The molecule has 8 heteroatoms. The number of amides is 1. The number of ether oxygens (including phenoxy) is 1. The molecule has 0 aliphatic rings. The Morgan fingerprint density at radius 2 is 2.00 bits per heavy atom. The van der Waals surface area contributed by atoms with Gasteiger partial charge in [-0.2, -0.15) is 0 Å². The maximum Gasteiger partial charge on any atom is 0.234 e. The van der Waals surface area contributed by atoms with Crippen LogP contribution < -0.4 is 15.9 Å². The summed E-state index contributed by atoms with van der Waals surface area (Å²) >= 11 is 1.24. The Morgan fingerprint density at radius 1 is 1.21 bits per heavy atom. The maximum absolute atomic E-state index is 12.3. The smallest absolute Gasteiger partial charge is 0.234 e. The summed E-state index contributed by atoms with van der Waals surface area (Å²) in [7, 11) is 0. The molecule has 0 fully saturated rings. The SMILES string of the molecule is Cc1ccc(C)c(NC(=O)CSc2nnc(-c3cccc(OC(C)C)c3)n2N)c1. The molecule has 1 aromatic heterocycles. The number of aryl methyl sites for hydroxylation is 2. The van der Waals surface area contributed by atoms with Crippen molar-refractivity contribution in [3.8, 4) is 17.1 Å². The number of thioether (sulfide) groups is 1. The second-order valence-electron chi connectivity index (χ2n) is 7.03. The lowest BCUT2D eigenvalue weighted by Crippen LogP contribution is -2.17. The van der Waals surface area contributed by atoms with Crippen molar-refractivity contribution in [3.63, 3.8) is 0 Å². The first-order chi connectivity index (χ1) is 13.8. The first-order valence-corrected chi connectivity index (χ1v) is 10.3. The Kier molecular flexibility index (Phi) is 6.43. The highest BCUT2D eigenvalue weighted by Gasteiger charge is 2.15. The summed E-state index contributed by atoms with van der Waals surface area (Å²) in [5, 5.41) is 11.7. The second-order valence-corrected chi connectivity index (χ2v) is 7.97. The summed E-state index contributed by atoms with van der Waals surface area (Å²) in [5.41, 5.74) is 3.72. The minimum atomic E-state index is -0.124. The van der Waals surface area contributed by atoms with Crippen LogP contribution in [0.25, 0.3) is 11.4 Å². The van der Waals surface area contributed by atoms with Gasteiger partial charge in [-0.1, -0.05) is 36.0 Å². The molecule has 0 saturated heterocycles. The number of aromatic nitrogens is 3. The van der Waals surface area contributed by atoms with E-state index in [-0.39, 0.29) is 17.8 Å². The number of nitrogens with one attached hydrogen (secondary N) is 1. The van der Waals surface area contributed by atoms with Crippen molar-refractivity contribution in [2.24, 2.45) is 0 Å². The van der Waals surface area contributed by atoms with Crippen LogP contribution in [0.2, 0.25) is 0 Å². The van der Waals surface area contributed by atoms with Crippen molar-refractivity contribution in [3.05, 3.63) is 53.6 Å². The third-order valence-electron chi connectivity index (χ3n) is 4.13. The van der Waals surface area contributed by atoms with Crippen molar-refractivity contribution >= 4 is 23.4 Å². The Hall–Kier alpha value is -3.00. The number of anilines is 1. The van der Waals surface area contributed by atoms with Crippen molar-refractivity contribution < 1.29 is 9.53 Å². The molecule has 0 radical (unpaired) electrons. The van der Waals surface area contributed by atoms with Gasteiger partial charge < -0.3 is 15.9 Å². The molecule has 0 atom stereocenters. The van der Waals surface area contributed by atoms with Gasteiger partial charge in [0.15, 0.2) is 5.82 Å². The van der Waals surface area contributed by atoms with Gasteiger partial charge in [-0.25, -0.2) is 4.68 Å². The van der Waals surface area contributed by atoms with Gasteiger partial charge >= 0.3 is 0 Å². The molecule has 152 valence electrons. The van der Waals surface area contributed by atoms with Crippen LogP contribution in [0.1, 0.15) is 25.0 Å². The monoisotopic (exact) mass is 411 g/mol. The van der Waals surface area contributed by atoms with Gasteiger partial charge in [-0.3, -0.25) is 4.79 Å². The topological polar surface area (TPSA) is 95.1 Å². The lowest BCUT2D eigenvalue weighted by Gasteiger charge is -2.11. The Labute approximate surface area is 174 Å². The van der Waals surface area contributed by atoms with Gasteiger partial charge in [0, 0.05) is 11.3 Å². The molecule has 29 heavy (non-hydrogen) atoms. The third-order valence-corrected chi connectivity index (χ3v) is 5.07. The van der Waals surface area contributed by atoms with E-state index in [9.17, 15) is 4.79 Å². The number of carbonyl (C=O) groups excluding carboxylic acids is 1. The largest absolute Gasteiger partial charge is 0.491 e. The van der Waals surface area contributed by atoms with Crippen LogP contribution in [0.5, 0.6) is 5.75 Å². The Bertz CT molecular complexity index is 1020. The van der Waals surface area contributed by atoms with Crippen molar-refractivity contribution in [2.45, 2.75) is 39.0 Å². The van der Waals surface area contributed by atoms with Gasteiger partial charge in [0.2, 0.25) is 11.1 Å². The number of hydrogen-bond donors (Lipinski definition) is 2. The van der Waals surface area contributed by atoms with Crippen LogP contribution in [0.3, 0.4) is 0 Å².